The summed E-state index contributed by atoms with van der Waals surface area (Å²) in [4.78, 5) is 19.8. The van der Waals surface area contributed by atoms with E-state index in [1.54, 1.807) is 11.3 Å². The van der Waals surface area contributed by atoms with Crippen LogP contribution in [0.4, 0.5) is 5.69 Å². The molecule has 39 heavy (non-hydrogen) atoms. The number of benzene rings is 1. The Morgan fingerprint density at radius 1 is 1.00 bits per heavy atom. The summed E-state index contributed by atoms with van der Waals surface area (Å²) in [7, 11) is 0. The van der Waals surface area contributed by atoms with Gasteiger partial charge < -0.3 is 10.3 Å². The second-order valence-electron chi connectivity index (χ2n) is 10.2. The third kappa shape index (κ3) is 4.23. The molecule has 1 saturated carbocycles. The summed E-state index contributed by atoms with van der Waals surface area (Å²) in [5.74, 6) is 1.26. The van der Waals surface area contributed by atoms with Gasteiger partial charge in [-0.2, -0.15) is 5.10 Å². The van der Waals surface area contributed by atoms with Crippen LogP contribution in [0.25, 0.3) is 60.7 Å². The van der Waals surface area contributed by atoms with Crippen molar-refractivity contribution < 1.29 is 0 Å². The first-order chi connectivity index (χ1) is 19.0. The van der Waals surface area contributed by atoms with Crippen molar-refractivity contribution in [3.8, 4) is 33.2 Å². The Balaban J connectivity index is 1.25. The van der Waals surface area contributed by atoms with Crippen LogP contribution in [0.2, 0.25) is 0 Å². The second-order valence-corrected chi connectivity index (χ2v) is 11.2. The Labute approximate surface area is 229 Å². The van der Waals surface area contributed by atoms with Crippen molar-refractivity contribution in [2.75, 3.05) is 5.32 Å². The van der Waals surface area contributed by atoms with E-state index in [9.17, 15) is 0 Å². The molecule has 192 valence electrons. The van der Waals surface area contributed by atoms with Crippen LogP contribution >= 0.6 is 11.3 Å². The molecule has 1 aliphatic carbocycles. The van der Waals surface area contributed by atoms with Crippen molar-refractivity contribution in [3.63, 3.8) is 0 Å². The highest BCUT2D eigenvalue weighted by atomic mass is 32.1. The van der Waals surface area contributed by atoms with E-state index >= 15 is 0 Å². The van der Waals surface area contributed by atoms with Crippen LogP contribution in [-0.4, -0.2) is 30.1 Å². The van der Waals surface area contributed by atoms with E-state index in [1.807, 2.05) is 31.6 Å². The summed E-state index contributed by atoms with van der Waals surface area (Å²) in [5, 5.41) is 12.2. The Morgan fingerprint density at radius 3 is 2.69 bits per heavy atom. The number of thiophene rings is 1. The maximum Gasteiger partial charge on any atom is 0.159 e. The van der Waals surface area contributed by atoms with E-state index in [1.165, 1.54) is 19.3 Å². The molecule has 5 aromatic heterocycles. The third-order valence-electron chi connectivity index (χ3n) is 7.42. The lowest BCUT2D eigenvalue weighted by Gasteiger charge is -2.28. The lowest BCUT2D eigenvalue weighted by atomic mass is 9.83. The number of rotatable bonds is 7. The van der Waals surface area contributed by atoms with E-state index in [0.717, 1.165) is 71.2 Å². The number of nitrogens with zero attached hydrogens (tertiary/aromatic N) is 4. The molecule has 3 N–H and O–H groups in total. The molecule has 7 rings (SSSR count). The van der Waals surface area contributed by atoms with Crippen molar-refractivity contribution in [3.05, 3.63) is 84.8 Å². The number of nitrogens with one attached hydrogen (secondary N) is 3. The molecule has 5 heterocycles. The average molecular weight is 530 g/mol. The first kappa shape index (κ1) is 23.5. The highest BCUT2D eigenvalue weighted by Gasteiger charge is 2.21. The molecular formula is C31H27N7S. The number of hydrogen-bond acceptors (Lipinski definition) is 6. The van der Waals surface area contributed by atoms with Gasteiger partial charge in [-0.25, -0.2) is 4.98 Å². The van der Waals surface area contributed by atoms with Gasteiger partial charge >= 0.3 is 0 Å². The van der Waals surface area contributed by atoms with Crippen LogP contribution in [-0.2, 0) is 0 Å². The standard InChI is InChI=1S/C31H27N7S/c1-17(2)26-9-10-27(39-26)30-29-25(11-12-33-30)35-31(36-29)28-23-14-20(7-8-24(23)37-38-28)21-13-22(16-32-15-21)34-18(3)19-5-4-6-19/h7-16,19,34H,1,3-6H2,2H3,(H,35,36)(H,37,38). The number of pyridine rings is 2. The highest BCUT2D eigenvalue weighted by molar-refractivity contribution is 7.16. The Hall–Kier alpha value is -4.56. The number of hydrogen-bond donors (Lipinski definition) is 3. The summed E-state index contributed by atoms with van der Waals surface area (Å²) >= 11 is 1.67. The molecule has 0 amide bonds. The van der Waals surface area contributed by atoms with Gasteiger partial charge in [0, 0.05) is 33.9 Å². The van der Waals surface area contributed by atoms with Gasteiger partial charge in [-0.15, -0.1) is 11.3 Å². The molecule has 1 aromatic carbocycles. The quantitative estimate of drug-likeness (QED) is 0.194. The molecule has 0 aliphatic heterocycles. The third-order valence-corrected chi connectivity index (χ3v) is 8.68. The molecular weight excluding hydrogens is 502 g/mol. The zero-order valence-corrected chi connectivity index (χ0v) is 22.4. The molecule has 7 nitrogen and oxygen atoms in total. The largest absolute Gasteiger partial charge is 0.358 e. The number of H-pyrrole nitrogens is 2. The Bertz CT molecular complexity index is 1890. The van der Waals surface area contributed by atoms with E-state index < -0.39 is 0 Å². The summed E-state index contributed by atoms with van der Waals surface area (Å²) in [6.45, 7) is 10.3. The maximum absolute atomic E-state index is 4.97. The second kappa shape index (κ2) is 9.32. The fourth-order valence-corrected chi connectivity index (χ4v) is 5.94. The van der Waals surface area contributed by atoms with Gasteiger partial charge in [0.25, 0.3) is 0 Å². The molecule has 1 aliphatic rings. The molecule has 0 saturated heterocycles. The number of anilines is 1. The minimum Gasteiger partial charge on any atom is -0.358 e. The predicted octanol–water partition coefficient (Wildman–Crippen LogP) is 8.05. The molecule has 0 bridgehead atoms. The first-order valence-corrected chi connectivity index (χ1v) is 13.9. The fraction of sp³-hybridized carbons (Fsp3) is 0.161. The van der Waals surface area contributed by atoms with E-state index in [2.05, 4.69) is 80.0 Å². The topological polar surface area (TPSA) is 95.2 Å². The summed E-state index contributed by atoms with van der Waals surface area (Å²) in [6, 6.07) is 14.5. The number of aromatic nitrogens is 6. The highest BCUT2D eigenvalue weighted by Crippen LogP contribution is 2.36. The van der Waals surface area contributed by atoms with E-state index in [0.29, 0.717) is 11.7 Å². The number of fused-ring (bicyclic) bond motifs is 2. The van der Waals surface area contributed by atoms with Crippen molar-refractivity contribution >= 4 is 44.5 Å². The van der Waals surface area contributed by atoms with Gasteiger partial charge in [0.2, 0.25) is 0 Å². The Morgan fingerprint density at radius 2 is 1.90 bits per heavy atom. The summed E-state index contributed by atoms with van der Waals surface area (Å²) in [6.07, 6.45) is 9.25. The number of allylic oxidation sites excluding steroid dienone is 2. The van der Waals surface area contributed by atoms with Crippen molar-refractivity contribution in [2.24, 2.45) is 5.92 Å². The number of aromatic amines is 2. The van der Waals surface area contributed by atoms with Gasteiger partial charge in [0.15, 0.2) is 5.82 Å². The SMILES string of the molecule is C=C(C)c1ccc(-c2nccc3[nH]c(-c4n[nH]c5ccc(-c6cncc(NC(=C)C7CCC7)c6)cc45)nc23)s1. The lowest BCUT2D eigenvalue weighted by Crippen LogP contribution is -2.18. The molecule has 6 aromatic rings. The van der Waals surface area contributed by atoms with Crippen molar-refractivity contribution in [2.45, 2.75) is 26.2 Å². The molecule has 0 spiro atoms. The molecule has 0 atom stereocenters. The summed E-state index contributed by atoms with van der Waals surface area (Å²) in [5.41, 5.74) is 9.46. The Kier molecular flexibility index (Phi) is 5.63. The van der Waals surface area contributed by atoms with Gasteiger partial charge in [0.1, 0.15) is 16.9 Å². The predicted molar refractivity (Wildman–Crippen MR) is 160 cm³/mol. The smallest absolute Gasteiger partial charge is 0.159 e. The van der Waals surface area contributed by atoms with Gasteiger partial charge in [-0.05, 0) is 73.2 Å². The van der Waals surface area contributed by atoms with Crippen LogP contribution < -0.4 is 5.32 Å². The molecule has 1 fully saturated rings. The van der Waals surface area contributed by atoms with Gasteiger partial charge in [-0.3, -0.25) is 15.1 Å². The lowest BCUT2D eigenvalue weighted by molar-refractivity contribution is 0.371. The van der Waals surface area contributed by atoms with Gasteiger partial charge in [-0.1, -0.05) is 25.6 Å². The molecule has 0 unspecified atom stereocenters. The van der Waals surface area contributed by atoms with Crippen molar-refractivity contribution in [1.82, 2.24) is 30.1 Å². The van der Waals surface area contributed by atoms with E-state index in [4.69, 9.17) is 4.98 Å². The first-order valence-electron chi connectivity index (χ1n) is 13.0. The molecule has 0 radical (unpaired) electrons. The minimum absolute atomic E-state index is 0.561. The van der Waals surface area contributed by atoms with Gasteiger partial charge in [0.05, 0.1) is 27.8 Å². The van der Waals surface area contributed by atoms with Crippen LogP contribution in [0.15, 0.2) is 79.9 Å². The van der Waals surface area contributed by atoms with Crippen molar-refractivity contribution in [1.29, 1.82) is 0 Å². The maximum atomic E-state index is 4.97. The molecule has 8 heteroatoms. The zero-order valence-electron chi connectivity index (χ0n) is 21.6. The van der Waals surface area contributed by atoms with Crippen LogP contribution in [0.5, 0.6) is 0 Å². The average Bonchev–Trinajstić information content (AvgIpc) is 3.65. The number of imidazole rings is 1. The summed E-state index contributed by atoms with van der Waals surface area (Å²) < 4.78 is 0. The zero-order chi connectivity index (χ0) is 26.5. The van der Waals surface area contributed by atoms with Crippen LogP contribution in [0.1, 0.15) is 31.1 Å². The minimum atomic E-state index is 0.561. The van der Waals surface area contributed by atoms with E-state index in [-0.39, 0.29) is 0 Å². The van der Waals surface area contributed by atoms with Crippen LogP contribution in [0.3, 0.4) is 0 Å². The monoisotopic (exact) mass is 529 g/mol. The fourth-order valence-electron chi connectivity index (χ4n) is 5.01. The van der Waals surface area contributed by atoms with Crippen LogP contribution in [0, 0.1) is 5.92 Å². The normalized spacial score (nSPS) is 13.6.